The number of hydrogen-bond acceptors (Lipinski definition) is 7. The number of hydroxylamine groups is 3. The van der Waals surface area contributed by atoms with Crippen LogP contribution in [0.4, 0.5) is 4.79 Å². The molecule has 3 aliphatic rings. The Balaban J connectivity index is 1.53. The van der Waals surface area contributed by atoms with Gasteiger partial charge in [-0.3, -0.25) is 19.0 Å². The minimum Gasteiger partial charge on any atom is -0.338 e. The van der Waals surface area contributed by atoms with Crippen molar-refractivity contribution in [1.29, 1.82) is 0 Å². The summed E-state index contributed by atoms with van der Waals surface area (Å²) >= 11 is 0. The van der Waals surface area contributed by atoms with Crippen LogP contribution in [-0.4, -0.2) is 83.5 Å². The molecule has 0 aromatic carbocycles. The SMILES string of the molecule is CC(=O)N1CCCC1CONC(=O)[C@@H]1CC[C@@H]2CN1C(=O)N2OS(=O)(=O)O. The lowest BCUT2D eigenvalue weighted by Gasteiger charge is -2.29. The number of amides is 4. The average Bonchev–Trinajstić information content (AvgIpc) is 3.14. The Bertz CT molecular complexity index is 729. The molecule has 3 aliphatic heterocycles. The van der Waals surface area contributed by atoms with Gasteiger partial charge in [0.05, 0.1) is 18.7 Å². The molecular weight excluding hydrogens is 384 g/mol. The molecule has 0 spiro atoms. The van der Waals surface area contributed by atoms with Crippen LogP contribution in [0.3, 0.4) is 0 Å². The van der Waals surface area contributed by atoms with Crippen LogP contribution in [0, 0.1) is 0 Å². The summed E-state index contributed by atoms with van der Waals surface area (Å²) in [5, 5.41) is 0.576. The van der Waals surface area contributed by atoms with Gasteiger partial charge in [-0.05, 0) is 25.7 Å². The molecule has 3 atom stereocenters. The Morgan fingerprint density at radius 1 is 1.30 bits per heavy atom. The molecule has 13 heteroatoms. The van der Waals surface area contributed by atoms with Crippen molar-refractivity contribution in [3.63, 3.8) is 0 Å². The smallest absolute Gasteiger partial charge is 0.338 e. The zero-order chi connectivity index (χ0) is 19.8. The minimum absolute atomic E-state index is 0.0488. The van der Waals surface area contributed by atoms with Crippen LogP contribution in [-0.2, 0) is 29.1 Å². The Morgan fingerprint density at radius 2 is 2.04 bits per heavy atom. The van der Waals surface area contributed by atoms with E-state index < -0.39 is 34.4 Å². The van der Waals surface area contributed by atoms with Gasteiger partial charge in [-0.15, -0.1) is 4.28 Å². The molecule has 0 aliphatic carbocycles. The topological polar surface area (TPSA) is 146 Å². The van der Waals surface area contributed by atoms with Crippen LogP contribution < -0.4 is 5.48 Å². The lowest BCUT2D eigenvalue weighted by molar-refractivity contribution is -0.141. The summed E-state index contributed by atoms with van der Waals surface area (Å²) < 4.78 is 34.8. The van der Waals surface area contributed by atoms with E-state index in [0.717, 1.165) is 12.8 Å². The first kappa shape index (κ1) is 19.8. The van der Waals surface area contributed by atoms with Gasteiger partial charge < -0.3 is 9.80 Å². The standard InChI is InChI=1S/C14H22N4O8S/c1-9(19)16-6-2-3-11(16)8-25-15-13(20)12-5-4-10-7-17(12)14(21)18(10)26-27(22,23)24/h10-12H,2-8H2,1H3,(H,15,20)(H,22,23,24)/t10-,11?,12+/m1/s1. The molecule has 2 bridgehead atoms. The number of carbonyl (C=O) groups is 3. The number of rotatable bonds is 6. The molecule has 0 radical (unpaired) electrons. The molecule has 27 heavy (non-hydrogen) atoms. The van der Waals surface area contributed by atoms with E-state index in [1.54, 1.807) is 4.90 Å². The molecule has 0 aromatic heterocycles. The van der Waals surface area contributed by atoms with Crippen molar-refractivity contribution < 1.29 is 36.5 Å². The molecule has 12 nitrogen and oxygen atoms in total. The van der Waals surface area contributed by atoms with Gasteiger partial charge in [0, 0.05) is 20.0 Å². The Morgan fingerprint density at radius 3 is 2.70 bits per heavy atom. The number of nitrogens with zero attached hydrogens (tertiary/aromatic N) is 3. The van der Waals surface area contributed by atoms with E-state index in [1.165, 1.54) is 11.8 Å². The fourth-order valence-corrected chi connectivity index (χ4v) is 4.19. The summed E-state index contributed by atoms with van der Waals surface area (Å²) in [6, 6.07) is -2.32. The number of fused-ring (bicyclic) bond motifs is 2. The van der Waals surface area contributed by atoms with E-state index >= 15 is 0 Å². The first-order chi connectivity index (χ1) is 12.7. The molecule has 1 unspecified atom stereocenters. The summed E-state index contributed by atoms with van der Waals surface area (Å²) in [6.07, 6.45) is 2.28. The maximum atomic E-state index is 12.4. The second-order valence-electron chi connectivity index (χ2n) is 6.80. The zero-order valence-corrected chi connectivity index (χ0v) is 15.6. The summed E-state index contributed by atoms with van der Waals surface area (Å²) in [5.41, 5.74) is 2.31. The summed E-state index contributed by atoms with van der Waals surface area (Å²) in [7, 11) is -4.83. The van der Waals surface area contributed by atoms with Gasteiger partial charge in [0.2, 0.25) is 5.91 Å². The Labute approximate surface area is 156 Å². The molecule has 3 rings (SSSR count). The number of likely N-dealkylation sites (tertiary alicyclic amines) is 1. The normalized spacial score (nSPS) is 28.0. The highest BCUT2D eigenvalue weighted by atomic mass is 32.3. The molecule has 3 heterocycles. The third kappa shape index (κ3) is 4.31. The van der Waals surface area contributed by atoms with Crippen molar-refractivity contribution in [2.24, 2.45) is 0 Å². The lowest BCUT2D eigenvalue weighted by Crippen LogP contribution is -2.50. The van der Waals surface area contributed by atoms with Gasteiger partial charge in [-0.25, -0.2) is 10.3 Å². The summed E-state index contributed by atoms with van der Waals surface area (Å²) in [4.78, 5) is 44.3. The van der Waals surface area contributed by atoms with Crippen LogP contribution in [0.2, 0.25) is 0 Å². The molecule has 0 saturated carbocycles. The molecule has 3 fully saturated rings. The fraction of sp³-hybridized carbons (Fsp3) is 0.786. The van der Waals surface area contributed by atoms with Gasteiger partial charge >= 0.3 is 16.4 Å². The van der Waals surface area contributed by atoms with Gasteiger partial charge in [0.15, 0.2) is 0 Å². The van der Waals surface area contributed by atoms with Crippen LogP contribution in [0.5, 0.6) is 0 Å². The predicted molar refractivity (Wildman–Crippen MR) is 87.9 cm³/mol. The lowest BCUT2D eigenvalue weighted by atomic mass is 10.0. The van der Waals surface area contributed by atoms with Crippen molar-refractivity contribution >= 4 is 28.2 Å². The van der Waals surface area contributed by atoms with E-state index in [-0.39, 0.29) is 25.1 Å². The minimum atomic E-state index is -4.83. The van der Waals surface area contributed by atoms with Crippen LogP contribution in [0.25, 0.3) is 0 Å². The van der Waals surface area contributed by atoms with E-state index in [2.05, 4.69) is 9.76 Å². The highest BCUT2D eigenvalue weighted by molar-refractivity contribution is 7.80. The maximum absolute atomic E-state index is 12.4. The molecule has 0 aromatic rings. The van der Waals surface area contributed by atoms with E-state index in [0.29, 0.717) is 24.4 Å². The number of carbonyl (C=O) groups excluding carboxylic acids is 3. The second kappa shape index (κ2) is 7.58. The number of hydrogen-bond donors (Lipinski definition) is 2. The molecule has 2 N–H and O–H groups in total. The van der Waals surface area contributed by atoms with Crippen molar-refractivity contribution in [3.05, 3.63) is 0 Å². The van der Waals surface area contributed by atoms with Crippen molar-refractivity contribution in [2.45, 2.75) is 50.7 Å². The van der Waals surface area contributed by atoms with Gasteiger partial charge in [-0.1, -0.05) is 0 Å². The first-order valence-corrected chi connectivity index (χ1v) is 9.99. The van der Waals surface area contributed by atoms with E-state index in [1.807, 2.05) is 0 Å². The van der Waals surface area contributed by atoms with Gasteiger partial charge in [0.25, 0.3) is 5.91 Å². The van der Waals surface area contributed by atoms with Gasteiger partial charge in [-0.2, -0.15) is 13.5 Å². The second-order valence-corrected chi connectivity index (χ2v) is 7.80. The Kier molecular flexibility index (Phi) is 5.55. The van der Waals surface area contributed by atoms with Crippen LogP contribution in [0.1, 0.15) is 32.6 Å². The largest absolute Gasteiger partial charge is 0.418 e. The number of nitrogens with one attached hydrogen (secondary N) is 1. The first-order valence-electron chi connectivity index (χ1n) is 8.63. The zero-order valence-electron chi connectivity index (χ0n) is 14.7. The van der Waals surface area contributed by atoms with Gasteiger partial charge in [0.1, 0.15) is 6.04 Å². The number of piperidine rings is 1. The molecule has 3 saturated heterocycles. The van der Waals surface area contributed by atoms with Crippen molar-refractivity contribution in [2.75, 3.05) is 19.7 Å². The van der Waals surface area contributed by atoms with Crippen molar-refractivity contribution in [3.8, 4) is 0 Å². The quantitative estimate of drug-likeness (QED) is 0.424. The summed E-state index contributed by atoms with van der Waals surface area (Å²) in [6.45, 7) is 2.39. The fourth-order valence-electron chi connectivity index (χ4n) is 3.80. The maximum Gasteiger partial charge on any atom is 0.418 e. The highest BCUT2D eigenvalue weighted by Gasteiger charge is 2.49. The van der Waals surface area contributed by atoms with Crippen LogP contribution in [0.15, 0.2) is 0 Å². The Hall–Kier alpha value is -1.96. The third-order valence-electron chi connectivity index (χ3n) is 5.03. The van der Waals surface area contributed by atoms with E-state index in [9.17, 15) is 22.8 Å². The van der Waals surface area contributed by atoms with Crippen molar-refractivity contribution in [1.82, 2.24) is 20.3 Å². The molecule has 152 valence electrons. The van der Waals surface area contributed by atoms with E-state index in [4.69, 9.17) is 9.39 Å². The predicted octanol–water partition coefficient (Wildman–Crippen LogP) is -0.952. The molecular formula is C14H22N4O8S. The molecule has 4 amide bonds. The highest BCUT2D eigenvalue weighted by Crippen LogP contribution is 2.30. The monoisotopic (exact) mass is 406 g/mol. The average molecular weight is 406 g/mol. The number of urea groups is 1. The van der Waals surface area contributed by atoms with Crippen LogP contribution >= 0.6 is 0 Å². The third-order valence-corrected chi connectivity index (χ3v) is 5.38. The summed E-state index contributed by atoms with van der Waals surface area (Å²) in [5.74, 6) is -0.588.